The Bertz CT molecular complexity index is 268. The summed E-state index contributed by atoms with van der Waals surface area (Å²) in [5, 5.41) is 9.14. The third kappa shape index (κ3) is 0.911. The Balaban J connectivity index is 2.35. The lowest BCUT2D eigenvalue weighted by Gasteiger charge is -2.22. The largest absolute Gasteiger partial charge is 0.384 e. The fourth-order valence-electron chi connectivity index (χ4n) is 1.02. The van der Waals surface area contributed by atoms with Crippen molar-refractivity contribution < 1.29 is 0 Å². The predicted molar refractivity (Wildman–Crippen MR) is 45.5 cm³/mol. The van der Waals surface area contributed by atoms with Crippen LogP contribution in [0, 0.1) is 0 Å². The molecule has 0 aromatic rings. The molecule has 1 atom stereocenters. The zero-order valence-electron chi connectivity index (χ0n) is 5.59. The van der Waals surface area contributed by atoms with Gasteiger partial charge in [0.1, 0.15) is 11.5 Å². The van der Waals surface area contributed by atoms with Gasteiger partial charge < -0.3 is 21.7 Å². The molecule has 0 saturated carbocycles. The summed E-state index contributed by atoms with van der Waals surface area (Å²) in [7, 11) is 0. The summed E-state index contributed by atoms with van der Waals surface area (Å²) in [6.45, 7) is 0. The van der Waals surface area contributed by atoms with E-state index in [1.165, 1.54) is 0 Å². The van der Waals surface area contributed by atoms with E-state index in [1.807, 2.05) is 0 Å². The van der Waals surface area contributed by atoms with Crippen LogP contribution in [0.5, 0.6) is 0 Å². The molecule has 0 saturated heterocycles. The van der Waals surface area contributed by atoms with Crippen molar-refractivity contribution in [2.24, 2.45) is 10.7 Å². The number of aliphatic imine (C=N–C) groups is 1. The normalized spacial score (nSPS) is 27.3. The van der Waals surface area contributed by atoms with Crippen LogP contribution >= 0.6 is 12.2 Å². The van der Waals surface area contributed by atoms with Crippen LogP contribution in [0.3, 0.4) is 0 Å². The van der Waals surface area contributed by atoms with E-state index in [1.54, 1.807) is 6.34 Å². The van der Waals surface area contributed by atoms with Crippen molar-refractivity contribution in [2.75, 3.05) is 0 Å². The second-order valence-corrected chi connectivity index (χ2v) is 2.66. The highest BCUT2D eigenvalue weighted by Crippen LogP contribution is 2.09. The number of nitrogens with one attached hydrogen (secondary N) is 3. The standard InChI is InChI=1S/C5H7N5S/c6-3-2-4(8-1-7-2)10-5(11)9-3/h1,4H,6H2,(H,7,8)(H2,9,10,11). The van der Waals surface area contributed by atoms with Gasteiger partial charge in [0, 0.05) is 0 Å². The van der Waals surface area contributed by atoms with Crippen LogP contribution in [0.1, 0.15) is 0 Å². The van der Waals surface area contributed by atoms with Gasteiger partial charge in [0.15, 0.2) is 11.3 Å². The predicted octanol–water partition coefficient (Wildman–Crippen LogP) is -1.45. The van der Waals surface area contributed by atoms with Gasteiger partial charge in [-0.15, -0.1) is 0 Å². The van der Waals surface area contributed by atoms with Crippen LogP contribution in [0.4, 0.5) is 0 Å². The van der Waals surface area contributed by atoms with Gasteiger partial charge in [-0.05, 0) is 12.2 Å². The van der Waals surface area contributed by atoms with Crippen LogP contribution in [-0.2, 0) is 0 Å². The first-order chi connectivity index (χ1) is 5.27. The molecule has 0 bridgehead atoms. The van der Waals surface area contributed by atoms with Gasteiger partial charge in [0.2, 0.25) is 0 Å². The number of rotatable bonds is 0. The maximum atomic E-state index is 5.61. The Kier molecular flexibility index (Phi) is 1.22. The Morgan fingerprint density at radius 1 is 1.64 bits per heavy atom. The van der Waals surface area contributed by atoms with Gasteiger partial charge in [0.05, 0.1) is 6.34 Å². The van der Waals surface area contributed by atoms with Crippen LogP contribution in [0.15, 0.2) is 16.5 Å². The van der Waals surface area contributed by atoms with E-state index < -0.39 is 0 Å². The van der Waals surface area contributed by atoms with E-state index in [-0.39, 0.29) is 6.17 Å². The highest BCUT2D eigenvalue weighted by atomic mass is 32.1. The van der Waals surface area contributed by atoms with Gasteiger partial charge in [-0.2, -0.15) is 0 Å². The lowest BCUT2D eigenvalue weighted by atomic mass is 10.3. The van der Waals surface area contributed by atoms with Gasteiger partial charge in [-0.3, -0.25) is 0 Å². The number of fused-ring (bicyclic) bond motifs is 1. The number of nitrogens with two attached hydrogens (primary N) is 1. The zero-order chi connectivity index (χ0) is 7.84. The molecule has 5 nitrogen and oxygen atoms in total. The lowest BCUT2D eigenvalue weighted by Crippen LogP contribution is -2.50. The van der Waals surface area contributed by atoms with Gasteiger partial charge >= 0.3 is 0 Å². The van der Waals surface area contributed by atoms with E-state index in [0.717, 1.165) is 5.70 Å². The minimum absolute atomic E-state index is 0.122. The molecule has 6 heteroatoms. The van der Waals surface area contributed by atoms with Crippen molar-refractivity contribution in [1.82, 2.24) is 16.0 Å². The Labute approximate surface area is 68.7 Å². The van der Waals surface area contributed by atoms with E-state index in [0.29, 0.717) is 10.9 Å². The summed E-state index contributed by atoms with van der Waals surface area (Å²) in [6.07, 6.45) is 1.47. The molecule has 2 aliphatic heterocycles. The monoisotopic (exact) mass is 169 g/mol. The number of nitrogens with zero attached hydrogens (tertiary/aromatic N) is 1. The van der Waals surface area contributed by atoms with Crippen molar-refractivity contribution in [2.45, 2.75) is 6.17 Å². The maximum Gasteiger partial charge on any atom is 0.173 e. The van der Waals surface area contributed by atoms with E-state index in [9.17, 15) is 0 Å². The topological polar surface area (TPSA) is 74.5 Å². The average Bonchev–Trinajstić information content (AvgIpc) is 2.34. The van der Waals surface area contributed by atoms with Crippen LogP contribution in [0.2, 0.25) is 0 Å². The van der Waals surface area contributed by atoms with Crippen molar-refractivity contribution in [3.05, 3.63) is 11.5 Å². The Hall–Kier alpha value is -1.30. The van der Waals surface area contributed by atoms with Crippen molar-refractivity contribution in [3.63, 3.8) is 0 Å². The molecular weight excluding hydrogens is 162 g/mol. The van der Waals surface area contributed by atoms with Crippen molar-refractivity contribution >= 4 is 23.7 Å². The SMILES string of the molecule is NC1=C2NC=NC2NC(=S)N1. The fraction of sp³-hybridized carbons (Fsp3) is 0.200. The second-order valence-electron chi connectivity index (χ2n) is 2.25. The molecule has 11 heavy (non-hydrogen) atoms. The molecule has 0 radical (unpaired) electrons. The third-order valence-corrected chi connectivity index (χ3v) is 1.74. The lowest BCUT2D eigenvalue weighted by molar-refractivity contribution is 0.679. The number of hydrogen-bond acceptors (Lipinski definition) is 4. The molecule has 58 valence electrons. The smallest absolute Gasteiger partial charge is 0.173 e. The highest BCUT2D eigenvalue weighted by Gasteiger charge is 2.25. The third-order valence-electron chi connectivity index (χ3n) is 1.52. The first kappa shape index (κ1) is 6.41. The van der Waals surface area contributed by atoms with Crippen molar-refractivity contribution in [1.29, 1.82) is 0 Å². The van der Waals surface area contributed by atoms with Crippen LogP contribution in [0.25, 0.3) is 0 Å². The van der Waals surface area contributed by atoms with Crippen LogP contribution < -0.4 is 21.7 Å². The van der Waals surface area contributed by atoms with Gasteiger partial charge in [0.25, 0.3) is 0 Å². The molecule has 1 unspecified atom stereocenters. The van der Waals surface area contributed by atoms with E-state index >= 15 is 0 Å². The zero-order valence-corrected chi connectivity index (χ0v) is 6.40. The van der Waals surface area contributed by atoms with E-state index in [2.05, 4.69) is 20.9 Å². The molecule has 0 aromatic heterocycles. The maximum absolute atomic E-state index is 5.61. The summed E-state index contributed by atoms with van der Waals surface area (Å²) in [5.41, 5.74) is 6.44. The first-order valence-electron chi connectivity index (χ1n) is 3.13. The highest BCUT2D eigenvalue weighted by molar-refractivity contribution is 7.80. The van der Waals surface area contributed by atoms with E-state index in [4.69, 9.17) is 18.0 Å². The summed E-state index contributed by atoms with van der Waals surface area (Å²) < 4.78 is 0. The molecular formula is C5H7N5S. The molecule has 0 fully saturated rings. The average molecular weight is 169 g/mol. The fourth-order valence-corrected chi connectivity index (χ4v) is 1.24. The van der Waals surface area contributed by atoms with Crippen LogP contribution in [-0.4, -0.2) is 17.6 Å². The number of hydrogen-bond donors (Lipinski definition) is 4. The minimum atomic E-state index is -0.122. The Morgan fingerprint density at radius 3 is 3.27 bits per heavy atom. The molecule has 2 aliphatic rings. The second kappa shape index (κ2) is 2.09. The molecule has 0 aliphatic carbocycles. The van der Waals surface area contributed by atoms with Gasteiger partial charge in [-0.1, -0.05) is 0 Å². The molecule has 0 amide bonds. The molecule has 2 heterocycles. The summed E-state index contributed by atoms with van der Waals surface area (Å²) in [4.78, 5) is 4.05. The number of thiocarbonyl (C=S) groups is 1. The minimum Gasteiger partial charge on any atom is -0.384 e. The quantitative estimate of drug-likeness (QED) is 0.334. The molecule has 0 aromatic carbocycles. The summed E-state index contributed by atoms with van der Waals surface area (Å²) in [5.74, 6) is 0.538. The first-order valence-corrected chi connectivity index (χ1v) is 3.53. The summed E-state index contributed by atoms with van der Waals surface area (Å²) in [6, 6.07) is 0. The summed E-state index contributed by atoms with van der Waals surface area (Å²) >= 11 is 4.87. The molecule has 2 rings (SSSR count). The molecule has 5 N–H and O–H groups in total. The Morgan fingerprint density at radius 2 is 2.45 bits per heavy atom. The molecule has 0 spiro atoms. The van der Waals surface area contributed by atoms with Crippen molar-refractivity contribution in [3.8, 4) is 0 Å². The van der Waals surface area contributed by atoms with Gasteiger partial charge in [-0.25, -0.2) is 4.99 Å².